The van der Waals surface area contributed by atoms with Crippen molar-refractivity contribution >= 4 is 34.5 Å². The lowest BCUT2D eigenvalue weighted by Crippen LogP contribution is -2.40. The molecule has 0 saturated carbocycles. The van der Waals surface area contributed by atoms with Gasteiger partial charge in [-0.2, -0.15) is 0 Å². The Labute approximate surface area is 194 Å². The van der Waals surface area contributed by atoms with Crippen LogP contribution in [-0.2, 0) is 17.7 Å². The first-order valence-electron chi connectivity index (χ1n) is 10.5. The zero-order chi connectivity index (χ0) is 24.2. The van der Waals surface area contributed by atoms with E-state index in [2.05, 4.69) is 4.98 Å². The van der Waals surface area contributed by atoms with Gasteiger partial charge in [0, 0.05) is 29.7 Å². The summed E-state index contributed by atoms with van der Waals surface area (Å²) in [6.45, 7) is 7.65. The number of rotatable bonds is 2. The average molecular weight is 476 g/mol. The van der Waals surface area contributed by atoms with Gasteiger partial charge in [-0.05, 0) is 50.8 Å². The average Bonchev–Trinajstić information content (AvgIpc) is 3.00. The fourth-order valence-corrected chi connectivity index (χ4v) is 4.51. The van der Waals surface area contributed by atoms with Gasteiger partial charge in [-0.1, -0.05) is 29.8 Å². The van der Waals surface area contributed by atoms with Crippen molar-refractivity contribution in [3.05, 3.63) is 57.2 Å². The van der Waals surface area contributed by atoms with E-state index in [9.17, 15) is 9.59 Å². The summed E-state index contributed by atoms with van der Waals surface area (Å²) < 4.78 is 35.9. The maximum atomic E-state index is 15.4. The van der Waals surface area contributed by atoms with Crippen LogP contribution in [0, 0.1) is 18.6 Å². The minimum Gasteiger partial charge on any atom is -0.444 e. The predicted molar refractivity (Wildman–Crippen MR) is 122 cm³/mol. The van der Waals surface area contributed by atoms with Gasteiger partial charge in [0.05, 0.1) is 10.5 Å². The van der Waals surface area contributed by atoms with Crippen LogP contribution in [0.4, 0.5) is 13.6 Å². The Morgan fingerprint density at radius 2 is 1.91 bits per heavy atom. The molecule has 3 N–H and O–H groups in total. The minimum absolute atomic E-state index is 0.0376. The number of H-pyrrole nitrogens is 1. The monoisotopic (exact) mass is 475 g/mol. The molecule has 1 aliphatic rings. The zero-order valence-electron chi connectivity index (χ0n) is 18.7. The fourth-order valence-electron chi connectivity index (χ4n) is 4.27. The van der Waals surface area contributed by atoms with Gasteiger partial charge in [0.2, 0.25) is 0 Å². The number of carbonyl (C=O) groups is 2. The smallest absolute Gasteiger partial charge is 0.410 e. The van der Waals surface area contributed by atoms with Gasteiger partial charge >= 0.3 is 6.09 Å². The third-order valence-electron chi connectivity index (χ3n) is 5.68. The van der Waals surface area contributed by atoms with Crippen LogP contribution in [0.2, 0.25) is 5.02 Å². The van der Waals surface area contributed by atoms with Crippen molar-refractivity contribution in [2.75, 3.05) is 6.54 Å². The number of hydrogen-bond acceptors (Lipinski definition) is 3. The number of ether oxygens (including phenoxy) is 1. The van der Waals surface area contributed by atoms with E-state index < -0.39 is 34.8 Å². The number of benzene rings is 2. The van der Waals surface area contributed by atoms with E-state index in [-0.39, 0.29) is 28.0 Å². The molecule has 0 spiro atoms. The highest BCUT2D eigenvalue weighted by atomic mass is 35.5. The first-order valence-corrected chi connectivity index (χ1v) is 10.9. The molecule has 4 rings (SSSR count). The number of aromatic amines is 1. The number of nitrogens with one attached hydrogen (secondary N) is 1. The number of nitrogens with two attached hydrogens (primary N) is 1. The van der Waals surface area contributed by atoms with E-state index in [0.29, 0.717) is 24.2 Å². The van der Waals surface area contributed by atoms with Crippen LogP contribution in [0.1, 0.15) is 48.0 Å². The summed E-state index contributed by atoms with van der Waals surface area (Å²) in [5, 5.41) is 0.384. The number of carbonyl (C=O) groups excluding carboxylic acids is 2. The molecule has 0 atom stereocenters. The van der Waals surface area contributed by atoms with Gasteiger partial charge in [-0.3, -0.25) is 4.79 Å². The van der Waals surface area contributed by atoms with E-state index in [4.69, 9.17) is 22.1 Å². The van der Waals surface area contributed by atoms with Crippen molar-refractivity contribution in [3.8, 4) is 11.1 Å². The first-order chi connectivity index (χ1) is 15.4. The van der Waals surface area contributed by atoms with Gasteiger partial charge in [-0.15, -0.1) is 0 Å². The Hall–Kier alpha value is -3.13. The van der Waals surface area contributed by atoms with Crippen LogP contribution in [0.15, 0.2) is 18.2 Å². The van der Waals surface area contributed by atoms with Crippen molar-refractivity contribution in [1.29, 1.82) is 0 Å². The molecule has 0 saturated heterocycles. The van der Waals surface area contributed by atoms with E-state index >= 15 is 8.78 Å². The third-order valence-corrected chi connectivity index (χ3v) is 6.15. The summed E-state index contributed by atoms with van der Waals surface area (Å²) in [6, 6.07) is 5.23. The maximum absolute atomic E-state index is 15.4. The van der Waals surface area contributed by atoms with Crippen LogP contribution >= 0.6 is 11.6 Å². The molecule has 1 aliphatic heterocycles. The molecule has 0 unspecified atom stereocenters. The molecule has 2 heterocycles. The molecule has 33 heavy (non-hydrogen) atoms. The number of fused-ring (bicyclic) bond motifs is 2. The lowest BCUT2D eigenvalue weighted by Gasteiger charge is -2.32. The van der Waals surface area contributed by atoms with Crippen molar-refractivity contribution < 1.29 is 23.1 Å². The van der Waals surface area contributed by atoms with Crippen LogP contribution in [0.3, 0.4) is 0 Å². The summed E-state index contributed by atoms with van der Waals surface area (Å²) in [4.78, 5) is 28.9. The Morgan fingerprint density at radius 1 is 1.21 bits per heavy atom. The fraction of sp³-hybridized carbons (Fsp3) is 0.333. The Kier molecular flexibility index (Phi) is 5.60. The Bertz CT molecular complexity index is 1310. The third kappa shape index (κ3) is 3.93. The number of aromatic nitrogens is 1. The molecule has 9 heteroatoms. The quantitative estimate of drug-likeness (QED) is 0.515. The normalized spacial score (nSPS) is 13.8. The van der Waals surface area contributed by atoms with Gasteiger partial charge in [0.15, 0.2) is 11.6 Å². The molecular weight excluding hydrogens is 452 g/mol. The maximum Gasteiger partial charge on any atom is 0.410 e. The van der Waals surface area contributed by atoms with Gasteiger partial charge in [0.25, 0.3) is 5.91 Å². The second kappa shape index (κ2) is 8.02. The number of nitrogens with zero attached hydrogens (tertiary/aromatic N) is 1. The Morgan fingerprint density at radius 3 is 2.55 bits per heavy atom. The molecule has 2 aromatic carbocycles. The lowest BCUT2D eigenvalue weighted by molar-refractivity contribution is 0.0224. The van der Waals surface area contributed by atoms with E-state index in [0.717, 1.165) is 11.1 Å². The molecule has 174 valence electrons. The molecule has 3 aromatic rings. The largest absolute Gasteiger partial charge is 0.444 e. The van der Waals surface area contributed by atoms with Gasteiger partial charge < -0.3 is 20.4 Å². The SMILES string of the molecule is Cc1[nH]c2c(C(N)=O)c(F)c(F)c(-c3cccc4c3CCN(C(=O)OC(C)(C)C)C4)c2c1Cl. The minimum atomic E-state index is -1.33. The summed E-state index contributed by atoms with van der Waals surface area (Å²) in [6.07, 6.45) is -0.0281. The molecule has 2 amide bonds. The number of amides is 2. The number of halogens is 3. The molecule has 0 bridgehead atoms. The zero-order valence-corrected chi connectivity index (χ0v) is 19.5. The van der Waals surface area contributed by atoms with Crippen molar-refractivity contribution in [1.82, 2.24) is 9.88 Å². The highest BCUT2D eigenvalue weighted by Crippen LogP contribution is 2.43. The van der Waals surface area contributed by atoms with Gasteiger partial charge in [-0.25, -0.2) is 13.6 Å². The summed E-state index contributed by atoms with van der Waals surface area (Å²) >= 11 is 6.47. The first kappa shape index (κ1) is 23.0. The standard InChI is InChI=1S/C24H24ClF2N3O3/c1-11-18(25)16-15(19(26)20(27)17(22(28)31)21(16)29-11)14-7-5-6-12-10-30(9-8-13(12)14)23(32)33-24(2,3)4/h5-7,29H,8-10H2,1-4H3,(H2,28,31). The van der Waals surface area contributed by atoms with Crippen molar-refractivity contribution in [2.45, 2.75) is 46.3 Å². The topological polar surface area (TPSA) is 88.4 Å². The highest BCUT2D eigenvalue weighted by Gasteiger charge is 2.31. The van der Waals surface area contributed by atoms with Crippen molar-refractivity contribution in [3.63, 3.8) is 0 Å². The molecular formula is C24H24ClF2N3O3. The van der Waals surface area contributed by atoms with Crippen LogP contribution in [-0.4, -0.2) is 34.0 Å². The number of primary amides is 1. The highest BCUT2D eigenvalue weighted by molar-refractivity contribution is 6.38. The predicted octanol–water partition coefficient (Wildman–Crippen LogP) is 5.47. The molecule has 0 aliphatic carbocycles. The molecule has 0 radical (unpaired) electrons. The Balaban J connectivity index is 1.88. The summed E-state index contributed by atoms with van der Waals surface area (Å²) in [7, 11) is 0. The second-order valence-electron chi connectivity index (χ2n) is 9.15. The molecule has 1 aromatic heterocycles. The molecule has 6 nitrogen and oxygen atoms in total. The van der Waals surface area contributed by atoms with Crippen LogP contribution in [0.25, 0.3) is 22.0 Å². The van der Waals surface area contributed by atoms with Crippen LogP contribution in [0.5, 0.6) is 0 Å². The number of hydrogen-bond donors (Lipinski definition) is 2. The van der Waals surface area contributed by atoms with E-state index in [1.165, 1.54) is 0 Å². The molecule has 0 fully saturated rings. The number of aryl methyl sites for hydroxylation is 1. The second-order valence-corrected chi connectivity index (χ2v) is 9.53. The summed E-state index contributed by atoms with van der Waals surface area (Å²) in [5.74, 6) is -3.61. The lowest BCUT2D eigenvalue weighted by atomic mass is 9.88. The van der Waals surface area contributed by atoms with Crippen LogP contribution < -0.4 is 5.73 Å². The van der Waals surface area contributed by atoms with Crippen molar-refractivity contribution in [2.24, 2.45) is 5.73 Å². The van der Waals surface area contributed by atoms with E-state index in [1.807, 2.05) is 6.07 Å². The van der Waals surface area contributed by atoms with E-state index in [1.54, 1.807) is 44.7 Å². The summed E-state index contributed by atoms with van der Waals surface area (Å²) in [5.41, 5.74) is 6.64. The van der Waals surface area contributed by atoms with Gasteiger partial charge in [0.1, 0.15) is 11.2 Å².